The Morgan fingerprint density at radius 3 is 1.46 bits per heavy atom. The Labute approximate surface area is 269 Å². The third-order valence-electron chi connectivity index (χ3n) is 11.5. The second-order valence-electron chi connectivity index (χ2n) is 14.2. The van der Waals surface area contributed by atoms with Gasteiger partial charge >= 0.3 is 7.12 Å². The maximum Gasteiger partial charge on any atom is 0.495 e. The van der Waals surface area contributed by atoms with Crippen LogP contribution in [0.25, 0.3) is 54.6 Å². The minimum absolute atomic E-state index is 0.444. The quantitative estimate of drug-likeness (QED) is 0.140. The molecule has 220 valence electrons. The largest absolute Gasteiger partial charge is 0.495 e. The van der Waals surface area contributed by atoms with Gasteiger partial charge in [-0.15, -0.1) is 0 Å². The van der Waals surface area contributed by atoms with Crippen molar-refractivity contribution in [3.05, 3.63) is 150 Å². The van der Waals surface area contributed by atoms with Gasteiger partial charge in [-0.05, 0) is 122 Å². The van der Waals surface area contributed by atoms with Crippen LogP contribution >= 0.6 is 0 Å². The third-order valence-corrected chi connectivity index (χ3v) is 11.5. The molecule has 0 N–H and O–H groups in total. The first kappa shape index (κ1) is 26.5. The molecule has 1 spiro atoms. The summed E-state index contributed by atoms with van der Waals surface area (Å²) in [6, 6.07) is 47.5. The highest BCUT2D eigenvalue weighted by Crippen LogP contribution is 2.63. The molecule has 1 saturated heterocycles. The van der Waals surface area contributed by atoms with Crippen molar-refractivity contribution in [2.75, 3.05) is 0 Å². The first-order valence-corrected chi connectivity index (χ1v) is 16.4. The van der Waals surface area contributed by atoms with Crippen LogP contribution in [-0.4, -0.2) is 18.3 Å². The summed E-state index contributed by atoms with van der Waals surface area (Å²) in [4.78, 5) is 0. The van der Waals surface area contributed by atoms with Gasteiger partial charge in [-0.25, -0.2) is 0 Å². The average Bonchev–Trinajstić information content (AvgIpc) is 3.63. The molecule has 1 aliphatic heterocycles. The number of hydrogen-bond donors (Lipinski definition) is 0. The number of fused-ring (bicyclic) bond motifs is 16. The molecule has 10 rings (SSSR count). The second kappa shape index (κ2) is 8.76. The maximum atomic E-state index is 6.81. The second-order valence-corrected chi connectivity index (χ2v) is 14.2. The van der Waals surface area contributed by atoms with Gasteiger partial charge in [0.1, 0.15) is 0 Å². The van der Waals surface area contributed by atoms with Crippen LogP contribution in [0.4, 0.5) is 0 Å². The first-order valence-electron chi connectivity index (χ1n) is 16.4. The molecule has 3 heteroatoms. The van der Waals surface area contributed by atoms with Crippen LogP contribution in [0.15, 0.2) is 127 Å². The molecule has 1 unspecified atom stereocenters. The maximum absolute atomic E-state index is 6.81. The van der Waals surface area contributed by atoms with Crippen molar-refractivity contribution in [1.82, 2.24) is 0 Å². The minimum Gasteiger partial charge on any atom is -0.399 e. The Balaban J connectivity index is 1.38. The van der Waals surface area contributed by atoms with E-state index in [1.165, 1.54) is 76.8 Å². The zero-order chi connectivity index (χ0) is 31.0. The fourth-order valence-corrected chi connectivity index (χ4v) is 8.79. The lowest BCUT2D eigenvalue weighted by molar-refractivity contribution is 0.00578. The molecule has 0 aromatic heterocycles. The van der Waals surface area contributed by atoms with E-state index in [1.807, 2.05) is 0 Å². The van der Waals surface area contributed by atoms with Crippen molar-refractivity contribution < 1.29 is 9.31 Å². The molecule has 1 fully saturated rings. The van der Waals surface area contributed by atoms with E-state index in [9.17, 15) is 0 Å². The SMILES string of the molecule is CC1(C)OB(c2cccc3c2C2(c4ccccc4-c4cc5c6ccccc6c6ccccc6c5cc42)c2ccccc2-3)OC1(C)C. The molecule has 7 aromatic rings. The van der Waals surface area contributed by atoms with Gasteiger partial charge in [0, 0.05) is 0 Å². The van der Waals surface area contributed by atoms with Gasteiger partial charge in [0.05, 0.1) is 16.6 Å². The zero-order valence-electron chi connectivity index (χ0n) is 26.5. The Kier molecular flexibility index (Phi) is 5.05. The van der Waals surface area contributed by atoms with E-state index in [-0.39, 0.29) is 0 Å². The highest BCUT2D eigenvalue weighted by molar-refractivity contribution is 6.63. The number of hydrogen-bond acceptors (Lipinski definition) is 2. The lowest BCUT2D eigenvalue weighted by atomic mass is 9.63. The van der Waals surface area contributed by atoms with E-state index in [0.717, 1.165) is 5.46 Å². The summed E-state index contributed by atoms with van der Waals surface area (Å²) in [6.45, 7) is 8.57. The highest BCUT2D eigenvalue weighted by Gasteiger charge is 2.57. The Hall–Kier alpha value is -4.70. The Bertz CT molecular complexity index is 2440. The van der Waals surface area contributed by atoms with Gasteiger partial charge in [0.15, 0.2) is 0 Å². The highest BCUT2D eigenvalue weighted by atomic mass is 16.7. The number of rotatable bonds is 1. The molecule has 7 aromatic carbocycles. The van der Waals surface area contributed by atoms with Crippen LogP contribution in [0.3, 0.4) is 0 Å². The van der Waals surface area contributed by atoms with Gasteiger partial charge in [0.25, 0.3) is 0 Å². The van der Waals surface area contributed by atoms with E-state index < -0.39 is 23.7 Å². The van der Waals surface area contributed by atoms with Gasteiger partial charge < -0.3 is 9.31 Å². The van der Waals surface area contributed by atoms with Crippen molar-refractivity contribution in [3.63, 3.8) is 0 Å². The van der Waals surface area contributed by atoms with E-state index >= 15 is 0 Å². The summed E-state index contributed by atoms with van der Waals surface area (Å²) in [5, 5.41) is 7.76. The predicted octanol–water partition coefficient (Wildman–Crippen LogP) is 9.79. The normalized spacial score (nSPS) is 20.0. The monoisotopic (exact) mass is 592 g/mol. The van der Waals surface area contributed by atoms with Crippen LogP contribution in [0.5, 0.6) is 0 Å². The summed E-state index contributed by atoms with van der Waals surface area (Å²) >= 11 is 0. The summed E-state index contributed by atoms with van der Waals surface area (Å²) < 4.78 is 13.6. The smallest absolute Gasteiger partial charge is 0.399 e. The summed E-state index contributed by atoms with van der Waals surface area (Å²) in [7, 11) is -0.479. The molecule has 46 heavy (non-hydrogen) atoms. The van der Waals surface area contributed by atoms with Crippen LogP contribution in [0.1, 0.15) is 49.9 Å². The standard InChI is InChI=1S/C43H33BO2/c1-41(2)42(3,4)46-44(45-41)39-23-13-20-32-30-18-9-11-21-36(30)43(40(32)39)37-22-12-10-19-31(37)35-24-33-28-16-7-5-14-26(28)27-15-6-8-17-29(27)34(33)25-38(35)43/h5-25H,1-4H3. The lowest BCUT2D eigenvalue weighted by Crippen LogP contribution is -2.42. The van der Waals surface area contributed by atoms with Crippen LogP contribution in [0.2, 0.25) is 0 Å². The molecule has 0 amide bonds. The zero-order valence-corrected chi connectivity index (χ0v) is 26.5. The van der Waals surface area contributed by atoms with Crippen molar-refractivity contribution >= 4 is 44.9 Å². The van der Waals surface area contributed by atoms with Crippen LogP contribution in [-0.2, 0) is 14.7 Å². The van der Waals surface area contributed by atoms with E-state index in [2.05, 4.69) is 155 Å². The first-order chi connectivity index (χ1) is 22.3. The topological polar surface area (TPSA) is 18.5 Å². The van der Waals surface area contributed by atoms with Crippen LogP contribution in [0, 0.1) is 0 Å². The molecule has 2 aliphatic carbocycles. The molecular formula is C43H33BO2. The van der Waals surface area contributed by atoms with Crippen LogP contribution < -0.4 is 5.46 Å². The van der Waals surface area contributed by atoms with Crippen molar-refractivity contribution in [3.8, 4) is 22.3 Å². The third kappa shape index (κ3) is 3.10. The summed E-state index contributed by atoms with van der Waals surface area (Å²) in [6.07, 6.45) is 0. The number of benzene rings is 7. The molecule has 3 aliphatic rings. The van der Waals surface area contributed by atoms with Gasteiger partial charge in [0.2, 0.25) is 0 Å². The summed E-state index contributed by atoms with van der Waals surface area (Å²) in [5.74, 6) is 0. The predicted molar refractivity (Wildman–Crippen MR) is 191 cm³/mol. The molecular weight excluding hydrogens is 559 g/mol. The van der Waals surface area contributed by atoms with Gasteiger partial charge in [-0.2, -0.15) is 0 Å². The van der Waals surface area contributed by atoms with Crippen molar-refractivity contribution in [1.29, 1.82) is 0 Å². The molecule has 0 saturated carbocycles. The molecule has 0 radical (unpaired) electrons. The van der Waals surface area contributed by atoms with Gasteiger partial charge in [-0.1, -0.05) is 115 Å². The molecule has 1 atom stereocenters. The van der Waals surface area contributed by atoms with E-state index in [1.54, 1.807) is 0 Å². The lowest BCUT2D eigenvalue weighted by Gasteiger charge is -2.33. The molecule has 0 bridgehead atoms. The van der Waals surface area contributed by atoms with E-state index in [4.69, 9.17) is 9.31 Å². The Morgan fingerprint density at radius 1 is 0.413 bits per heavy atom. The van der Waals surface area contributed by atoms with Gasteiger partial charge in [-0.3, -0.25) is 0 Å². The van der Waals surface area contributed by atoms with E-state index in [0.29, 0.717) is 0 Å². The average molecular weight is 593 g/mol. The minimum atomic E-state index is -0.515. The Morgan fingerprint density at radius 2 is 0.870 bits per heavy atom. The summed E-state index contributed by atoms with van der Waals surface area (Å²) in [5.41, 5.74) is 10.1. The van der Waals surface area contributed by atoms with Crippen molar-refractivity contribution in [2.45, 2.75) is 44.3 Å². The molecule has 2 nitrogen and oxygen atoms in total. The fourth-order valence-electron chi connectivity index (χ4n) is 8.79. The molecule has 1 heterocycles. The van der Waals surface area contributed by atoms with Crippen molar-refractivity contribution in [2.24, 2.45) is 0 Å². The fraction of sp³-hybridized carbons (Fsp3) is 0.163.